The minimum atomic E-state index is -0.488. The third-order valence-electron chi connectivity index (χ3n) is 3.81. The number of phenols is 1. The van der Waals surface area contributed by atoms with Crippen LogP contribution >= 0.6 is 34.8 Å². The number of carbonyl (C=O) groups is 1. The van der Waals surface area contributed by atoms with Gasteiger partial charge in [0.15, 0.2) is 0 Å². The molecule has 0 aliphatic carbocycles. The predicted octanol–water partition coefficient (Wildman–Crippen LogP) is 6.20. The van der Waals surface area contributed by atoms with Gasteiger partial charge in [-0.25, -0.2) is 0 Å². The fourth-order valence-electron chi connectivity index (χ4n) is 2.55. The molecule has 3 aromatic rings. The van der Waals surface area contributed by atoms with E-state index in [9.17, 15) is 9.90 Å². The first-order valence-corrected chi connectivity index (χ1v) is 8.89. The van der Waals surface area contributed by atoms with Gasteiger partial charge in [-0.3, -0.25) is 4.79 Å². The molecule has 3 nitrogen and oxygen atoms in total. The van der Waals surface area contributed by atoms with Crippen molar-refractivity contribution in [3.8, 4) is 5.75 Å². The first-order valence-electron chi connectivity index (χ1n) is 7.76. The molecule has 26 heavy (non-hydrogen) atoms. The first-order chi connectivity index (χ1) is 12.4. The third kappa shape index (κ3) is 4.31. The largest absolute Gasteiger partial charge is 0.507 e. The molecule has 6 heteroatoms. The molecule has 0 aliphatic heterocycles. The van der Waals surface area contributed by atoms with Crippen LogP contribution in [0.1, 0.15) is 21.5 Å². The number of hydrogen-bond donors (Lipinski definition) is 2. The summed E-state index contributed by atoms with van der Waals surface area (Å²) < 4.78 is 0. The number of aromatic hydroxyl groups is 1. The van der Waals surface area contributed by atoms with Crippen LogP contribution in [0, 0.1) is 0 Å². The third-order valence-corrected chi connectivity index (χ3v) is 4.77. The summed E-state index contributed by atoms with van der Waals surface area (Å²) in [6, 6.07) is 17.4. The molecule has 0 saturated carbocycles. The number of hydrogen-bond acceptors (Lipinski definition) is 2. The highest BCUT2D eigenvalue weighted by Gasteiger charge is 2.17. The van der Waals surface area contributed by atoms with E-state index in [0.29, 0.717) is 32.7 Å². The van der Waals surface area contributed by atoms with Crippen LogP contribution in [0.15, 0.2) is 60.7 Å². The normalized spacial score (nSPS) is 10.6. The number of anilines is 1. The van der Waals surface area contributed by atoms with Gasteiger partial charge in [0.1, 0.15) is 5.75 Å². The van der Waals surface area contributed by atoms with E-state index in [1.54, 1.807) is 18.2 Å². The Labute approximate surface area is 166 Å². The molecule has 0 spiro atoms. The van der Waals surface area contributed by atoms with E-state index in [4.69, 9.17) is 34.8 Å². The van der Waals surface area contributed by atoms with E-state index < -0.39 is 5.91 Å². The number of amides is 1. The van der Waals surface area contributed by atoms with Crippen LogP contribution in [0.2, 0.25) is 15.1 Å². The van der Waals surface area contributed by atoms with Crippen LogP contribution < -0.4 is 5.32 Å². The quantitative estimate of drug-likeness (QED) is 0.542. The Balaban J connectivity index is 1.89. The highest BCUT2D eigenvalue weighted by Crippen LogP contribution is 2.31. The van der Waals surface area contributed by atoms with Gasteiger partial charge in [-0.15, -0.1) is 0 Å². The standard InChI is InChI=1S/C20H14Cl3NO2/c21-14-9-13(8-12-4-2-1-3-5-12)19(25)16(10-14)20(26)24-15-6-7-17(22)18(23)11-15/h1-7,9-11,25H,8H2,(H,24,26). The van der Waals surface area contributed by atoms with Gasteiger partial charge in [-0.05, 0) is 35.9 Å². The van der Waals surface area contributed by atoms with E-state index >= 15 is 0 Å². The van der Waals surface area contributed by atoms with E-state index in [2.05, 4.69) is 5.32 Å². The molecule has 0 aromatic heterocycles. The summed E-state index contributed by atoms with van der Waals surface area (Å²) >= 11 is 18.0. The monoisotopic (exact) mass is 405 g/mol. The van der Waals surface area contributed by atoms with Crippen molar-refractivity contribution in [1.82, 2.24) is 0 Å². The second-order valence-electron chi connectivity index (χ2n) is 5.71. The maximum atomic E-state index is 12.6. The summed E-state index contributed by atoms with van der Waals surface area (Å²) in [6.45, 7) is 0. The molecule has 0 aliphatic rings. The van der Waals surface area contributed by atoms with Gasteiger partial charge in [0.2, 0.25) is 0 Å². The lowest BCUT2D eigenvalue weighted by Crippen LogP contribution is -2.13. The Morgan fingerprint density at radius 3 is 2.35 bits per heavy atom. The lowest BCUT2D eigenvalue weighted by atomic mass is 10.0. The van der Waals surface area contributed by atoms with Crippen molar-refractivity contribution in [1.29, 1.82) is 0 Å². The smallest absolute Gasteiger partial charge is 0.259 e. The van der Waals surface area contributed by atoms with E-state index in [0.717, 1.165) is 5.56 Å². The van der Waals surface area contributed by atoms with Crippen molar-refractivity contribution in [2.75, 3.05) is 5.32 Å². The van der Waals surface area contributed by atoms with Crippen molar-refractivity contribution in [3.63, 3.8) is 0 Å². The second-order valence-corrected chi connectivity index (χ2v) is 6.96. The van der Waals surface area contributed by atoms with Crippen molar-refractivity contribution >= 4 is 46.4 Å². The van der Waals surface area contributed by atoms with Crippen LogP contribution in [0.25, 0.3) is 0 Å². The molecule has 0 unspecified atom stereocenters. The predicted molar refractivity (Wildman–Crippen MR) is 107 cm³/mol. The minimum absolute atomic E-state index is 0.0921. The molecule has 3 rings (SSSR count). The number of halogens is 3. The van der Waals surface area contributed by atoms with Crippen molar-refractivity contribution in [2.45, 2.75) is 6.42 Å². The van der Waals surface area contributed by atoms with Crippen molar-refractivity contribution < 1.29 is 9.90 Å². The van der Waals surface area contributed by atoms with Gasteiger partial charge >= 0.3 is 0 Å². The lowest BCUT2D eigenvalue weighted by molar-refractivity contribution is 0.102. The second kappa shape index (κ2) is 8.00. The zero-order chi connectivity index (χ0) is 18.7. The number of benzene rings is 3. The highest BCUT2D eigenvalue weighted by molar-refractivity contribution is 6.42. The summed E-state index contributed by atoms with van der Waals surface area (Å²) in [6.07, 6.45) is 0.459. The van der Waals surface area contributed by atoms with Gasteiger partial charge in [-0.2, -0.15) is 0 Å². The van der Waals surface area contributed by atoms with Crippen LogP contribution in [-0.2, 0) is 6.42 Å². The average Bonchev–Trinajstić information content (AvgIpc) is 2.62. The van der Waals surface area contributed by atoms with Crippen molar-refractivity contribution in [3.05, 3.63) is 92.4 Å². The van der Waals surface area contributed by atoms with Gasteiger partial charge < -0.3 is 10.4 Å². The first kappa shape index (κ1) is 18.6. The molecule has 1 amide bonds. The molecule has 0 radical (unpaired) electrons. The Bertz CT molecular complexity index is 959. The Morgan fingerprint density at radius 2 is 1.65 bits per heavy atom. The van der Waals surface area contributed by atoms with Gasteiger partial charge in [0.25, 0.3) is 5.91 Å². The summed E-state index contributed by atoms with van der Waals surface area (Å²) in [5.41, 5.74) is 2.13. The van der Waals surface area contributed by atoms with Gasteiger partial charge in [-0.1, -0.05) is 65.1 Å². The fraction of sp³-hybridized carbons (Fsp3) is 0.0500. The molecule has 2 N–H and O–H groups in total. The fourth-order valence-corrected chi connectivity index (χ4v) is 3.09. The van der Waals surface area contributed by atoms with Crippen LogP contribution in [0.5, 0.6) is 5.75 Å². The molecule has 3 aromatic carbocycles. The Morgan fingerprint density at radius 1 is 0.923 bits per heavy atom. The maximum Gasteiger partial charge on any atom is 0.259 e. The van der Waals surface area contributed by atoms with Crippen molar-refractivity contribution in [2.24, 2.45) is 0 Å². The van der Waals surface area contributed by atoms with E-state index in [1.165, 1.54) is 12.1 Å². The minimum Gasteiger partial charge on any atom is -0.507 e. The molecule has 0 saturated heterocycles. The average molecular weight is 407 g/mol. The van der Waals surface area contributed by atoms with Crippen LogP contribution in [-0.4, -0.2) is 11.0 Å². The topological polar surface area (TPSA) is 49.3 Å². The van der Waals surface area contributed by atoms with Crippen LogP contribution in [0.3, 0.4) is 0 Å². The zero-order valence-electron chi connectivity index (χ0n) is 13.5. The number of carbonyl (C=O) groups excluding carboxylic acids is 1. The molecule has 0 atom stereocenters. The summed E-state index contributed by atoms with van der Waals surface area (Å²) in [5.74, 6) is -0.589. The van der Waals surface area contributed by atoms with Gasteiger partial charge in [0.05, 0.1) is 15.6 Å². The molecule has 132 valence electrons. The lowest BCUT2D eigenvalue weighted by Gasteiger charge is -2.12. The Hall–Kier alpha value is -2.20. The molecule has 0 heterocycles. The SMILES string of the molecule is O=C(Nc1ccc(Cl)c(Cl)c1)c1cc(Cl)cc(Cc2ccccc2)c1O. The van der Waals surface area contributed by atoms with E-state index in [1.807, 2.05) is 30.3 Å². The van der Waals surface area contributed by atoms with E-state index in [-0.39, 0.29) is 11.3 Å². The molecule has 0 fully saturated rings. The molecular weight excluding hydrogens is 393 g/mol. The molecule has 0 bridgehead atoms. The Kier molecular flexibility index (Phi) is 5.72. The van der Waals surface area contributed by atoms with Gasteiger partial charge in [0, 0.05) is 22.7 Å². The maximum absolute atomic E-state index is 12.6. The number of nitrogens with one attached hydrogen (secondary N) is 1. The van der Waals surface area contributed by atoms with Crippen LogP contribution in [0.4, 0.5) is 5.69 Å². The summed E-state index contributed by atoms with van der Waals surface area (Å²) in [5, 5.41) is 14.3. The summed E-state index contributed by atoms with van der Waals surface area (Å²) in [4.78, 5) is 12.6. The zero-order valence-corrected chi connectivity index (χ0v) is 15.7. The summed E-state index contributed by atoms with van der Waals surface area (Å²) in [7, 11) is 0. The molecular formula is C20H14Cl3NO2. The number of rotatable bonds is 4. The highest BCUT2D eigenvalue weighted by atomic mass is 35.5. The number of phenolic OH excluding ortho intramolecular Hbond substituents is 1.